The highest BCUT2D eigenvalue weighted by atomic mass is 19.4. The zero-order valence-corrected chi connectivity index (χ0v) is 20.4. The Bertz CT molecular complexity index is 1180. The Morgan fingerprint density at radius 2 is 2.06 bits per heavy atom. The van der Waals surface area contributed by atoms with Crippen molar-refractivity contribution in [1.82, 2.24) is 30.5 Å². The van der Waals surface area contributed by atoms with E-state index in [1.807, 2.05) is 5.32 Å². The first-order chi connectivity index (χ1) is 16.9. The zero-order chi connectivity index (χ0) is 26.5. The lowest BCUT2D eigenvalue weighted by Gasteiger charge is -2.30. The highest BCUT2D eigenvalue weighted by molar-refractivity contribution is 6.09. The molecule has 3 heterocycles. The van der Waals surface area contributed by atoms with Crippen LogP contribution in [0.15, 0.2) is 47.8 Å². The highest BCUT2D eigenvalue weighted by Crippen LogP contribution is 2.20. The van der Waals surface area contributed by atoms with Gasteiger partial charge in [0.1, 0.15) is 30.4 Å². The predicted octanol–water partition coefficient (Wildman–Crippen LogP) is 3.08. The maximum atomic E-state index is 12.9. The standard InChI is InChI=1S/C24H30F3N7O2/c1-14-5-7-34(8-6-14)23(36)15(2)9-20(33-17(4)22(35)30-12-24(25,26)27)32-16(3)18-11-29-21-19(18)10-28-13-31-21/h9-11,13-14,17,33H,2,5-8,12H2,1,3-4H3,(H,30,35)(H,28,29,31)/b20-9+,32-16?/t17-/m0/s1. The number of nitrogens with one attached hydrogen (secondary N) is 3. The lowest BCUT2D eigenvalue weighted by atomic mass is 9.99. The number of hydrogen-bond acceptors (Lipinski definition) is 6. The zero-order valence-electron chi connectivity index (χ0n) is 20.4. The summed E-state index contributed by atoms with van der Waals surface area (Å²) in [5, 5.41) is 5.37. The van der Waals surface area contributed by atoms with Gasteiger partial charge in [0.2, 0.25) is 5.91 Å². The van der Waals surface area contributed by atoms with Crippen LogP contribution in [0.5, 0.6) is 0 Å². The summed E-state index contributed by atoms with van der Waals surface area (Å²) in [5.74, 6) is -0.479. The predicted molar refractivity (Wildman–Crippen MR) is 130 cm³/mol. The molecule has 1 aliphatic heterocycles. The van der Waals surface area contributed by atoms with Crippen LogP contribution in [0.25, 0.3) is 11.0 Å². The van der Waals surface area contributed by atoms with Crippen LogP contribution in [0, 0.1) is 5.92 Å². The van der Waals surface area contributed by atoms with Gasteiger partial charge in [-0.3, -0.25) is 9.59 Å². The van der Waals surface area contributed by atoms with Gasteiger partial charge in [0.25, 0.3) is 5.91 Å². The number of nitrogens with zero attached hydrogens (tertiary/aromatic N) is 4. The molecule has 3 rings (SSSR count). The van der Waals surface area contributed by atoms with Crippen LogP contribution in [-0.2, 0) is 9.59 Å². The number of halogens is 3. The Hall–Kier alpha value is -3.70. The minimum Gasteiger partial charge on any atom is -0.359 e. The van der Waals surface area contributed by atoms with Crippen LogP contribution in [0.4, 0.5) is 13.2 Å². The summed E-state index contributed by atoms with van der Waals surface area (Å²) in [6.45, 7) is 8.91. The molecule has 1 aliphatic rings. The Morgan fingerprint density at radius 3 is 2.72 bits per heavy atom. The quantitative estimate of drug-likeness (QED) is 0.290. The van der Waals surface area contributed by atoms with Crippen LogP contribution in [0.3, 0.4) is 0 Å². The molecule has 9 nitrogen and oxygen atoms in total. The summed E-state index contributed by atoms with van der Waals surface area (Å²) in [4.78, 5) is 42.6. The van der Waals surface area contributed by atoms with Crippen LogP contribution < -0.4 is 10.6 Å². The topological polar surface area (TPSA) is 115 Å². The molecular formula is C24H30F3N7O2. The molecule has 3 N–H and O–H groups in total. The van der Waals surface area contributed by atoms with Gasteiger partial charge in [-0.2, -0.15) is 13.2 Å². The highest BCUT2D eigenvalue weighted by Gasteiger charge is 2.29. The summed E-state index contributed by atoms with van der Waals surface area (Å²) in [5.41, 5.74) is 1.94. The molecule has 1 fully saturated rings. The number of aromatic amines is 1. The number of aromatic nitrogens is 3. The van der Waals surface area contributed by atoms with Crippen molar-refractivity contribution in [2.24, 2.45) is 10.9 Å². The van der Waals surface area contributed by atoms with Crippen molar-refractivity contribution in [2.75, 3.05) is 19.6 Å². The van der Waals surface area contributed by atoms with E-state index in [1.54, 1.807) is 24.2 Å². The van der Waals surface area contributed by atoms with Gasteiger partial charge in [0, 0.05) is 47.7 Å². The molecule has 0 aliphatic carbocycles. The molecule has 194 valence electrons. The summed E-state index contributed by atoms with van der Waals surface area (Å²) in [6, 6.07) is -1.07. The van der Waals surface area contributed by atoms with Crippen molar-refractivity contribution >= 4 is 28.6 Å². The van der Waals surface area contributed by atoms with Gasteiger partial charge in [-0.05, 0) is 38.7 Å². The molecule has 0 spiro atoms. The number of fused-ring (bicyclic) bond motifs is 1. The Balaban J connectivity index is 1.85. The number of carbonyl (C=O) groups is 2. The van der Waals surface area contributed by atoms with Crippen LogP contribution in [-0.4, -0.2) is 69.2 Å². The average molecular weight is 506 g/mol. The second kappa shape index (κ2) is 11.4. The number of carbonyl (C=O) groups excluding carboxylic acids is 2. The van der Waals surface area contributed by atoms with Crippen LogP contribution in [0.1, 0.15) is 39.2 Å². The van der Waals surface area contributed by atoms with E-state index in [4.69, 9.17) is 0 Å². The van der Waals surface area contributed by atoms with Crippen LogP contribution in [0.2, 0.25) is 0 Å². The van der Waals surface area contributed by atoms with Crippen molar-refractivity contribution in [2.45, 2.75) is 45.8 Å². The molecule has 36 heavy (non-hydrogen) atoms. The third-order valence-corrected chi connectivity index (χ3v) is 5.91. The second-order valence-electron chi connectivity index (χ2n) is 8.91. The minimum atomic E-state index is -4.53. The molecule has 0 unspecified atom stereocenters. The number of likely N-dealkylation sites (tertiary alicyclic amines) is 1. The van der Waals surface area contributed by atoms with E-state index in [2.05, 4.69) is 38.8 Å². The van der Waals surface area contributed by atoms with Gasteiger partial charge in [-0.25, -0.2) is 15.0 Å². The lowest BCUT2D eigenvalue weighted by Crippen LogP contribution is -2.45. The summed E-state index contributed by atoms with van der Waals surface area (Å²) < 4.78 is 37.6. The molecular weight excluding hydrogens is 475 g/mol. The summed E-state index contributed by atoms with van der Waals surface area (Å²) >= 11 is 0. The lowest BCUT2D eigenvalue weighted by molar-refractivity contribution is -0.139. The van der Waals surface area contributed by atoms with Crippen molar-refractivity contribution < 1.29 is 22.8 Å². The first kappa shape index (κ1) is 26.9. The molecule has 1 saturated heterocycles. The molecule has 2 aromatic rings. The monoisotopic (exact) mass is 505 g/mol. The minimum absolute atomic E-state index is 0.108. The second-order valence-corrected chi connectivity index (χ2v) is 8.91. The van der Waals surface area contributed by atoms with Gasteiger partial charge in [-0.15, -0.1) is 0 Å². The number of rotatable bonds is 8. The van der Waals surface area contributed by atoms with E-state index < -0.39 is 24.7 Å². The van der Waals surface area contributed by atoms with Crippen molar-refractivity contribution in [1.29, 1.82) is 0 Å². The van der Waals surface area contributed by atoms with E-state index in [-0.39, 0.29) is 17.3 Å². The average Bonchev–Trinajstić information content (AvgIpc) is 3.26. The summed E-state index contributed by atoms with van der Waals surface area (Å²) in [7, 11) is 0. The number of piperidine rings is 1. The van der Waals surface area contributed by atoms with Gasteiger partial charge in [-0.1, -0.05) is 13.5 Å². The molecule has 1 atom stereocenters. The molecule has 0 radical (unpaired) electrons. The Labute approximate surface area is 207 Å². The largest absolute Gasteiger partial charge is 0.405 e. The number of aliphatic imine (C=N–C) groups is 1. The SMILES string of the molecule is C=C(/C=C(\N=C(C)c1c[nH]c2ncncc12)N[C@@H](C)C(=O)NCC(F)(F)F)C(=O)N1CCC(C)CC1. The number of amides is 2. The van der Waals surface area contributed by atoms with Gasteiger partial charge in [0.05, 0.1) is 0 Å². The third-order valence-electron chi connectivity index (χ3n) is 5.91. The first-order valence-electron chi connectivity index (χ1n) is 11.6. The Morgan fingerprint density at radius 1 is 1.36 bits per heavy atom. The fraction of sp³-hybridized carbons (Fsp3) is 0.458. The molecule has 2 amide bonds. The fourth-order valence-corrected chi connectivity index (χ4v) is 3.78. The van der Waals surface area contributed by atoms with Gasteiger partial charge >= 0.3 is 6.18 Å². The smallest absolute Gasteiger partial charge is 0.359 e. The number of alkyl halides is 3. The normalized spacial score (nSPS) is 16.7. The molecule has 0 saturated carbocycles. The fourth-order valence-electron chi connectivity index (χ4n) is 3.78. The van der Waals surface area contributed by atoms with Crippen molar-refractivity contribution in [3.05, 3.63) is 48.3 Å². The van der Waals surface area contributed by atoms with Crippen molar-refractivity contribution in [3.8, 4) is 0 Å². The molecule has 0 aromatic carbocycles. The molecule has 2 aromatic heterocycles. The van der Waals surface area contributed by atoms with E-state index in [9.17, 15) is 22.8 Å². The van der Waals surface area contributed by atoms with Crippen molar-refractivity contribution in [3.63, 3.8) is 0 Å². The van der Waals surface area contributed by atoms with E-state index in [1.165, 1.54) is 19.3 Å². The van der Waals surface area contributed by atoms with E-state index in [0.717, 1.165) is 12.8 Å². The maximum Gasteiger partial charge on any atom is 0.405 e. The number of H-pyrrole nitrogens is 1. The van der Waals surface area contributed by atoms with E-state index in [0.29, 0.717) is 41.3 Å². The maximum absolute atomic E-state index is 12.9. The molecule has 0 bridgehead atoms. The first-order valence-corrected chi connectivity index (χ1v) is 11.6. The Kier molecular flexibility index (Phi) is 8.49. The van der Waals surface area contributed by atoms with E-state index >= 15 is 0 Å². The van der Waals surface area contributed by atoms with Gasteiger partial charge < -0.3 is 20.5 Å². The van der Waals surface area contributed by atoms with Crippen LogP contribution >= 0.6 is 0 Å². The number of hydrogen-bond donors (Lipinski definition) is 3. The molecule has 12 heteroatoms. The third kappa shape index (κ3) is 7.15. The summed E-state index contributed by atoms with van der Waals surface area (Å²) in [6.07, 6.45) is 3.38. The van der Waals surface area contributed by atoms with Gasteiger partial charge in [0.15, 0.2) is 0 Å².